The van der Waals surface area contributed by atoms with Gasteiger partial charge in [-0.2, -0.15) is 0 Å². The summed E-state index contributed by atoms with van der Waals surface area (Å²) in [5, 5.41) is 14.6. The third-order valence-corrected chi connectivity index (χ3v) is 4.54. The second kappa shape index (κ2) is 6.01. The van der Waals surface area contributed by atoms with Crippen LogP contribution in [0.4, 0.5) is 14.9 Å². The van der Waals surface area contributed by atoms with Gasteiger partial charge in [-0.1, -0.05) is 6.42 Å². The molecule has 1 saturated carbocycles. The van der Waals surface area contributed by atoms with Gasteiger partial charge >= 0.3 is 12.0 Å². The van der Waals surface area contributed by atoms with Crippen molar-refractivity contribution in [3.05, 3.63) is 28.5 Å². The molecule has 5 nitrogen and oxygen atoms in total. The number of carboxylic acid groups (broad SMARTS) is 1. The standard InChI is InChI=1S/C14H16BrFN2O3/c1-14(12(19)20)6-2-3-11(14)18-13(21)17-8-4-5-10(16)9(15)7-8/h4-5,7,11H,2-3,6H2,1H3,(H,19,20)(H2,17,18,21). The molecule has 7 heteroatoms. The van der Waals surface area contributed by atoms with E-state index in [2.05, 4.69) is 26.6 Å². The summed E-state index contributed by atoms with van der Waals surface area (Å²) < 4.78 is 13.4. The number of carboxylic acids is 1. The highest BCUT2D eigenvalue weighted by molar-refractivity contribution is 9.10. The van der Waals surface area contributed by atoms with E-state index < -0.39 is 29.3 Å². The van der Waals surface area contributed by atoms with Gasteiger partial charge in [0.15, 0.2) is 0 Å². The van der Waals surface area contributed by atoms with E-state index in [0.717, 1.165) is 6.42 Å². The molecule has 1 aliphatic carbocycles. The van der Waals surface area contributed by atoms with Crippen molar-refractivity contribution in [1.29, 1.82) is 0 Å². The molecule has 0 bridgehead atoms. The Balaban J connectivity index is 2.01. The maximum Gasteiger partial charge on any atom is 0.319 e. The number of urea groups is 1. The van der Waals surface area contributed by atoms with Gasteiger partial charge in [0, 0.05) is 11.7 Å². The number of nitrogens with one attached hydrogen (secondary N) is 2. The van der Waals surface area contributed by atoms with Crippen molar-refractivity contribution in [2.24, 2.45) is 5.41 Å². The van der Waals surface area contributed by atoms with E-state index in [1.165, 1.54) is 18.2 Å². The van der Waals surface area contributed by atoms with Gasteiger partial charge in [0.25, 0.3) is 0 Å². The second-order valence-electron chi connectivity index (χ2n) is 5.39. The van der Waals surface area contributed by atoms with Crippen molar-refractivity contribution < 1.29 is 19.1 Å². The molecule has 2 atom stereocenters. The van der Waals surface area contributed by atoms with E-state index in [-0.39, 0.29) is 4.47 Å². The minimum Gasteiger partial charge on any atom is -0.481 e. The van der Waals surface area contributed by atoms with Crippen LogP contribution in [0.15, 0.2) is 22.7 Å². The number of rotatable bonds is 3. The van der Waals surface area contributed by atoms with E-state index in [1.54, 1.807) is 6.92 Å². The first-order valence-electron chi connectivity index (χ1n) is 6.59. The van der Waals surface area contributed by atoms with Crippen LogP contribution >= 0.6 is 15.9 Å². The summed E-state index contributed by atoms with van der Waals surface area (Å²) in [6.07, 6.45) is 1.93. The molecule has 1 aliphatic rings. The number of hydrogen-bond acceptors (Lipinski definition) is 2. The van der Waals surface area contributed by atoms with Gasteiger partial charge in [0.05, 0.1) is 9.89 Å². The van der Waals surface area contributed by atoms with Gasteiger partial charge in [-0.3, -0.25) is 4.79 Å². The van der Waals surface area contributed by atoms with Crippen molar-refractivity contribution in [1.82, 2.24) is 5.32 Å². The van der Waals surface area contributed by atoms with Crippen LogP contribution in [0.1, 0.15) is 26.2 Å². The SMILES string of the molecule is CC1(C(=O)O)CCCC1NC(=O)Nc1ccc(F)c(Br)c1. The molecule has 0 aliphatic heterocycles. The molecule has 114 valence electrons. The molecule has 0 saturated heterocycles. The van der Waals surface area contributed by atoms with Crippen LogP contribution < -0.4 is 10.6 Å². The predicted octanol–water partition coefficient (Wildman–Crippen LogP) is 3.35. The molecule has 0 radical (unpaired) electrons. The lowest BCUT2D eigenvalue weighted by atomic mass is 9.85. The highest BCUT2D eigenvalue weighted by Gasteiger charge is 2.45. The lowest BCUT2D eigenvalue weighted by Gasteiger charge is -2.27. The van der Waals surface area contributed by atoms with E-state index in [0.29, 0.717) is 18.5 Å². The van der Waals surface area contributed by atoms with Crippen molar-refractivity contribution >= 4 is 33.6 Å². The number of carbonyl (C=O) groups excluding carboxylic acids is 1. The summed E-state index contributed by atoms with van der Waals surface area (Å²) in [7, 11) is 0. The molecule has 0 heterocycles. The number of carbonyl (C=O) groups is 2. The topological polar surface area (TPSA) is 78.4 Å². The lowest BCUT2D eigenvalue weighted by molar-refractivity contribution is -0.148. The number of anilines is 1. The molecular weight excluding hydrogens is 343 g/mol. The zero-order chi connectivity index (χ0) is 15.6. The van der Waals surface area contributed by atoms with Gasteiger partial charge in [-0.05, 0) is 53.9 Å². The van der Waals surface area contributed by atoms with Gasteiger partial charge in [-0.15, -0.1) is 0 Å². The smallest absolute Gasteiger partial charge is 0.319 e. The zero-order valence-electron chi connectivity index (χ0n) is 11.5. The van der Waals surface area contributed by atoms with E-state index in [1.807, 2.05) is 0 Å². The first-order valence-corrected chi connectivity index (χ1v) is 7.38. The van der Waals surface area contributed by atoms with Crippen LogP contribution in [0.5, 0.6) is 0 Å². The van der Waals surface area contributed by atoms with Crippen molar-refractivity contribution in [3.63, 3.8) is 0 Å². The minimum absolute atomic E-state index is 0.247. The van der Waals surface area contributed by atoms with Crippen LogP contribution in [0.3, 0.4) is 0 Å². The Morgan fingerprint density at radius 1 is 1.48 bits per heavy atom. The van der Waals surface area contributed by atoms with Crippen molar-refractivity contribution in [2.75, 3.05) is 5.32 Å². The van der Waals surface area contributed by atoms with Crippen LogP contribution in [0.2, 0.25) is 0 Å². The van der Waals surface area contributed by atoms with Crippen molar-refractivity contribution in [2.45, 2.75) is 32.2 Å². The van der Waals surface area contributed by atoms with Crippen LogP contribution in [0.25, 0.3) is 0 Å². The number of hydrogen-bond donors (Lipinski definition) is 3. The monoisotopic (exact) mass is 358 g/mol. The summed E-state index contributed by atoms with van der Waals surface area (Å²) in [4.78, 5) is 23.3. The fraction of sp³-hybridized carbons (Fsp3) is 0.429. The Hall–Kier alpha value is -1.63. The zero-order valence-corrected chi connectivity index (χ0v) is 13.0. The summed E-state index contributed by atoms with van der Waals surface area (Å²) in [5.74, 6) is -1.33. The van der Waals surface area contributed by atoms with E-state index in [9.17, 15) is 19.1 Å². The normalized spacial score (nSPS) is 24.6. The van der Waals surface area contributed by atoms with Gasteiger partial charge in [-0.25, -0.2) is 9.18 Å². The Kier molecular flexibility index (Phi) is 4.51. The summed E-state index contributed by atoms with van der Waals surface area (Å²) in [6.45, 7) is 1.64. The number of amides is 2. The Bertz CT molecular complexity index is 581. The maximum absolute atomic E-state index is 13.1. The molecule has 1 fully saturated rings. The molecule has 2 unspecified atom stereocenters. The third kappa shape index (κ3) is 3.34. The molecule has 1 aromatic carbocycles. The largest absolute Gasteiger partial charge is 0.481 e. The van der Waals surface area contributed by atoms with Crippen LogP contribution in [0, 0.1) is 11.2 Å². The molecular formula is C14H16BrFN2O3. The molecule has 1 aromatic rings. The number of benzene rings is 1. The number of halogens is 2. The van der Waals surface area contributed by atoms with Gasteiger partial charge in [0.2, 0.25) is 0 Å². The molecule has 0 aromatic heterocycles. The molecule has 3 N–H and O–H groups in total. The Labute approximate surface area is 130 Å². The van der Waals surface area contributed by atoms with E-state index in [4.69, 9.17) is 0 Å². The first-order chi connectivity index (χ1) is 9.83. The Morgan fingerprint density at radius 3 is 2.81 bits per heavy atom. The van der Waals surface area contributed by atoms with Crippen molar-refractivity contribution in [3.8, 4) is 0 Å². The average molecular weight is 359 g/mol. The highest BCUT2D eigenvalue weighted by Crippen LogP contribution is 2.38. The van der Waals surface area contributed by atoms with Gasteiger partial charge < -0.3 is 15.7 Å². The predicted molar refractivity (Wildman–Crippen MR) is 79.6 cm³/mol. The molecule has 21 heavy (non-hydrogen) atoms. The first kappa shape index (κ1) is 15.8. The van der Waals surface area contributed by atoms with Gasteiger partial charge in [0.1, 0.15) is 5.82 Å². The number of aliphatic carboxylic acids is 1. The summed E-state index contributed by atoms with van der Waals surface area (Å²) in [6, 6.07) is 3.20. The molecule has 0 spiro atoms. The minimum atomic E-state index is -0.944. The second-order valence-corrected chi connectivity index (χ2v) is 6.25. The fourth-order valence-corrected chi connectivity index (χ4v) is 2.93. The molecule has 2 amide bonds. The Morgan fingerprint density at radius 2 is 2.19 bits per heavy atom. The molecule has 2 rings (SSSR count). The quantitative estimate of drug-likeness (QED) is 0.775. The lowest BCUT2D eigenvalue weighted by Crippen LogP contribution is -2.48. The van der Waals surface area contributed by atoms with Crippen LogP contribution in [-0.4, -0.2) is 23.1 Å². The average Bonchev–Trinajstić information content (AvgIpc) is 2.77. The maximum atomic E-state index is 13.1. The third-order valence-electron chi connectivity index (χ3n) is 3.93. The summed E-state index contributed by atoms with van der Waals surface area (Å²) in [5.41, 5.74) is -0.517. The van der Waals surface area contributed by atoms with Crippen LogP contribution in [-0.2, 0) is 4.79 Å². The highest BCUT2D eigenvalue weighted by atomic mass is 79.9. The summed E-state index contributed by atoms with van der Waals surface area (Å²) >= 11 is 3.04. The van der Waals surface area contributed by atoms with E-state index >= 15 is 0 Å². The fourth-order valence-electron chi connectivity index (χ4n) is 2.55.